The van der Waals surface area contributed by atoms with E-state index >= 15 is 0 Å². The van der Waals surface area contributed by atoms with Gasteiger partial charge in [-0.2, -0.15) is 0 Å². The van der Waals surface area contributed by atoms with Crippen LogP contribution in [0.4, 0.5) is 5.69 Å². The van der Waals surface area contributed by atoms with Crippen LogP contribution < -0.4 is 20.7 Å². The lowest BCUT2D eigenvalue weighted by Gasteiger charge is -2.26. The molecule has 3 amide bonds. The van der Waals surface area contributed by atoms with E-state index in [-0.39, 0.29) is 30.8 Å². The Kier molecular flexibility index (Phi) is 7.42. The number of carbonyl (C=O) groups is 3. The molecule has 3 N–H and O–H groups in total. The number of rotatable bonds is 8. The van der Waals surface area contributed by atoms with Crippen LogP contribution in [-0.4, -0.2) is 68.3 Å². The molecule has 2 aromatic carbocycles. The zero-order valence-electron chi connectivity index (χ0n) is 18.8. The molecule has 1 aliphatic heterocycles. The molecule has 1 heterocycles. The van der Waals surface area contributed by atoms with Crippen LogP contribution in [0.5, 0.6) is 5.75 Å². The van der Waals surface area contributed by atoms with Crippen LogP contribution in [-0.2, 0) is 14.4 Å². The molecule has 1 fully saturated rings. The van der Waals surface area contributed by atoms with E-state index in [1.807, 2.05) is 24.3 Å². The van der Waals surface area contributed by atoms with Gasteiger partial charge in [0.25, 0.3) is 5.91 Å². The largest absolute Gasteiger partial charge is 0.497 e. The van der Waals surface area contributed by atoms with Gasteiger partial charge in [0.2, 0.25) is 11.8 Å². The number of hydrogen-bond acceptors (Lipinski definition) is 5. The summed E-state index contributed by atoms with van der Waals surface area (Å²) in [7, 11) is 0.704. The molecule has 0 aliphatic carbocycles. The van der Waals surface area contributed by atoms with Crippen LogP contribution >= 0.6 is 10.0 Å². The van der Waals surface area contributed by atoms with Crippen LogP contribution in [0.25, 0.3) is 0 Å². The van der Waals surface area contributed by atoms with Gasteiger partial charge >= 0.3 is 0 Å². The number of benzene rings is 2. The van der Waals surface area contributed by atoms with Gasteiger partial charge in [-0.05, 0) is 65.6 Å². The maximum absolute atomic E-state index is 13.1. The second kappa shape index (κ2) is 10.1. The summed E-state index contributed by atoms with van der Waals surface area (Å²) in [5.74, 6) is -0.164. The SMILES string of the molecule is COc1ccc(C(NC(=O)CN2CNC(=O)C2)C(=O)Nc2ccc(S(C)(C)C)cc2)cc1. The Hall–Kier alpha value is -3.04. The first-order valence-electron chi connectivity index (χ1n) is 10.2. The lowest BCUT2D eigenvalue weighted by atomic mass is 10.1. The standard InChI is InChI=1S/C23H30N4O4S/c1-31-18-9-5-16(6-10-18)22(26-21(29)14-27-13-20(28)24-15-27)23(30)25-17-7-11-19(12-8-17)32(2,3)4/h5-12,22H,13-15H2,1-4H3,(H,24,28)(H,25,30)(H,26,29). The minimum atomic E-state index is -0.896. The molecule has 0 spiro atoms. The lowest BCUT2D eigenvalue weighted by Crippen LogP contribution is -2.42. The first-order chi connectivity index (χ1) is 15.2. The highest BCUT2D eigenvalue weighted by molar-refractivity contribution is 8.32. The Labute approximate surface area is 190 Å². The second-order valence-electron chi connectivity index (χ2n) is 8.37. The van der Waals surface area contributed by atoms with Gasteiger partial charge in [0.05, 0.1) is 26.9 Å². The number of amides is 3. The Balaban J connectivity index is 1.75. The second-order valence-corrected chi connectivity index (χ2v) is 12.5. The highest BCUT2D eigenvalue weighted by atomic mass is 32.3. The number of carbonyl (C=O) groups excluding carboxylic acids is 3. The summed E-state index contributed by atoms with van der Waals surface area (Å²) in [6, 6.07) is 13.9. The summed E-state index contributed by atoms with van der Waals surface area (Å²) in [5, 5.41) is 8.36. The molecular weight excluding hydrogens is 428 g/mol. The predicted octanol–water partition coefficient (Wildman–Crippen LogP) is 1.93. The van der Waals surface area contributed by atoms with Crippen molar-refractivity contribution in [1.29, 1.82) is 0 Å². The number of methoxy groups -OCH3 is 1. The molecule has 2 aromatic rings. The Bertz CT molecular complexity index is 971. The minimum Gasteiger partial charge on any atom is -0.497 e. The fraction of sp³-hybridized carbons (Fsp3) is 0.348. The summed E-state index contributed by atoms with van der Waals surface area (Å²) in [6.07, 6.45) is 6.62. The number of anilines is 1. The molecular formula is C23H30N4O4S. The molecule has 1 aliphatic rings. The zero-order valence-corrected chi connectivity index (χ0v) is 19.6. The Morgan fingerprint density at radius 1 is 1.09 bits per heavy atom. The summed E-state index contributed by atoms with van der Waals surface area (Å²) >= 11 is 0. The van der Waals surface area contributed by atoms with E-state index in [1.54, 1.807) is 36.3 Å². The predicted molar refractivity (Wildman–Crippen MR) is 127 cm³/mol. The van der Waals surface area contributed by atoms with Crippen molar-refractivity contribution in [1.82, 2.24) is 15.5 Å². The normalized spacial score (nSPS) is 15.6. The summed E-state index contributed by atoms with van der Waals surface area (Å²) < 4.78 is 5.19. The van der Waals surface area contributed by atoms with Gasteiger partial charge in [0.1, 0.15) is 11.8 Å². The molecule has 32 heavy (non-hydrogen) atoms. The van der Waals surface area contributed by atoms with Gasteiger partial charge in [-0.1, -0.05) is 12.1 Å². The molecule has 1 unspecified atom stereocenters. The minimum absolute atomic E-state index is 0.0156. The smallest absolute Gasteiger partial charge is 0.251 e. The van der Waals surface area contributed by atoms with Crippen molar-refractivity contribution in [2.45, 2.75) is 10.9 Å². The van der Waals surface area contributed by atoms with E-state index in [9.17, 15) is 14.4 Å². The fourth-order valence-corrected chi connectivity index (χ4v) is 4.25. The molecule has 8 nitrogen and oxygen atoms in total. The molecule has 1 atom stereocenters. The van der Waals surface area contributed by atoms with Crippen LogP contribution in [0.15, 0.2) is 53.4 Å². The topological polar surface area (TPSA) is 99.8 Å². The molecule has 0 radical (unpaired) electrons. The average Bonchev–Trinajstić information content (AvgIpc) is 3.16. The quantitative estimate of drug-likeness (QED) is 0.561. The van der Waals surface area contributed by atoms with Crippen LogP contribution in [0, 0.1) is 0 Å². The van der Waals surface area contributed by atoms with Crippen LogP contribution in [0.1, 0.15) is 11.6 Å². The molecule has 1 saturated heterocycles. The van der Waals surface area contributed by atoms with Crippen molar-refractivity contribution in [2.75, 3.05) is 51.0 Å². The van der Waals surface area contributed by atoms with E-state index in [0.717, 1.165) is 0 Å². The van der Waals surface area contributed by atoms with Crippen molar-refractivity contribution in [3.8, 4) is 5.75 Å². The van der Waals surface area contributed by atoms with E-state index in [4.69, 9.17) is 4.74 Å². The highest BCUT2D eigenvalue weighted by Crippen LogP contribution is 2.45. The average molecular weight is 459 g/mol. The summed E-state index contributed by atoms with van der Waals surface area (Å²) in [6.45, 7) is 0.491. The molecule has 9 heteroatoms. The van der Waals surface area contributed by atoms with E-state index < -0.39 is 16.1 Å². The van der Waals surface area contributed by atoms with Gasteiger partial charge in [-0.25, -0.2) is 10.0 Å². The number of nitrogens with one attached hydrogen (secondary N) is 3. The number of hydrogen-bond donors (Lipinski definition) is 3. The van der Waals surface area contributed by atoms with Gasteiger partial charge < -0.3 is 20.7 Å². The van der Waals surface area contributed by atoms with E-state index in [1.165, 1.54) is 4.90 Å². The molecule has 3 rings (SSSR count). The third kappa shape index (κ3) is 6.24. The third-order valence-electron chi connectivity index (χ3n) is 5.08. The van der Waals surface area contributed by atoms with E-state index in [2.05, 4.69) is 34.7 Å². The maximum Gasteiger partial charge on any atom is 0.251 e. The summed E-state index contributed by atoms with van der Waals surface area (Å²) in [4.78, 5) is 40.1. The molecule has 0 bridgehead atoms. The third-order valence-corrected chi connectivity index (χ3v) is 6.77. The Morgan fingerprint density at radius 3 is 2.28 bits per heavy atom. The van der Waals surface area contributed by atoms with Crippen LogP contribution in [0.3, 0.4) is 0 Å². The van der Waals surface area contributed by atoms with E-state index in [0.29, 0.717) is 23.7 Å². The van der Waals surface area contributed by atoms with Gasteiger partial charge in [-0.3, -0.25) is 19.3 Å². The number of ether oxygens (including phenoxy) is 1. The van der Waals surface area contributed by atoms with Crippen molar-refractivity contribution in [2.24, 2.45) is 0 Å². The van der Waals surface area contributed by atoms with Crippen LogP contribution in [0.2, 0.25) is 0 Å². The van der Waals surface area contributed by atoms with Crippen molar-refractivity contribution in [3.63, 3.8) is 0 Å². The summed E-state index contributed by atoms with van der Waals surface area (Å²) in [5.41, 5.74) is 1.28. The van der Waals surface area contributed by atoms with Gasteiger partial charge in [-0.15, -0.1) is 0 Å². The molecule has 172 valence electrons. The lowest BCUT2D eigenvalue weighted by molar-refractivity contribution is -0.127. The first-order valence-corrected chi connectivity index (χ1v) is 13.0. The Morgan fingerprint density at radius 2 is 1.75 bits per heavy atom. The van der Waals surface area contributed by atoms with Crippen molar-refractivity contribution in [3.05, 3.63) is 54.1 Å². The zero-order chi connectivity index (χ0) is 23.3. The molecule has 0 saturated carbocycles. The van der Waals surface area contributed by atoms with Gasteiger partial charge in [0, 0.05) is 5.69 Å². The fourth-order valence-electron chi connectivity index (χ4n) is 3.29. The molecule has 0 aromatic heterocycles. The van der Waals surface area contributed by atoms with Crippen molar-refractivity contribution < 1.29 is 19.1 Å². The van der Waals surface area contributed by atoms with Gasteiger partial charge in [0.15, 0.2) is 0 Å². The number of nitrogens with zero attached hydrogens (tertiary/aromatic N) is 1. The first kappa shape index (κ1) is 23.6. The highest BCUT2D eigenvalue weighted by Gasteiger charge is 2.26. The maximum atomic E-state index is 13.1. The monoisotopic (exact) mass is 458 g/mol. The van der Waals surface area contributed by atoms with Crippen molar-refractivity contribution >= 4 is 33.4 Å².